The predicted octanol–water partition coefficient (Wildman–Crippen LogP) is 2.63. The molecule has 0 spiro atoms. The van der Waals surface area contributed by atoms with E-state index in [1.165, 1.54) is 6.42 Å². The van der Waals surface area contributed by atoms with Gasteiger partial charge >= 0.3 is 0 Å². The van der Waals surface area contributed by atoms with E-state index in [4.69, 9.17) is 5.73 Å². The molecule has 0 radical (unpaired) electrons. The van der Waals surface area contributed by atoms with Crippen molar-refractivity contribution in [3.8, 4) is 0 Å². The molecule has 0 fully saturated rings. The highest BCUT2D eigenvalue weighted by molar-refractivity contribution is 4.75. The van der Waals surface area contributed by atoms with Crippen LogP contribution >= 0.6 is 0 Å². The topological polar surface area (TPSA) is 38.0 Å². The van der Waals surface area contributed by atoms with Crippen LogP contribution in [0.5, 0.6) is 0 Å². The molecule has 0 rings (SSSR count). The van der Waals surface area contributed by atoms with E-state index < -0.39 is 0 Å². The summed E-state index contributed by atoms with van der Waals surface area (Å²) in [5, 5.41) is 3.57. The van der Waals surface area contributed by atoms with Crippen molar-refractivity contribution in [2.45, 2.75) is 47.5 Å². The van der Waals surface area contributed by atoms with E-state index in [0.717, 1.165) is 37.9 Å². The van der Waals surface area contributed by atoms with Crippen LogP contribution in [-0.2, 0) is 0 Å². The molecule has 0 aromatic rings. The minimum absolute atomic E-state index is 0.396. The SMILES string of the molecule is CC(CCCN)CNCC(C)(C)C(C)C. The quantitative estimate of drug-likeness (QED) is 0.652. The fraction of sp³-hybridized carbons (Fsp3) is 1.00. The van der Waals surface area contributed by atoms with Crippen LogP contribution in [0.2, 0.25) is 0 Å². The molecule has 15 heavy (non-hydrogen) atoms. The Morgan fingerprint density at radius 1 is 1.20 bits per heavy atom. The Labute approximate surface area is 96.0 Å². The van der Waals surface area contributed by atoms with Gasteiger partial charge in [-0.1, -0.05) is 34.6 Å². The van der Waals surface area contributed by atoms with Gasteiger partial charge in [-0.15, -0.1) is 0 Å². The summed E-state index contributed by atoms with van der Waals surface area (Å²) in [4.78, 5) is 0. The first-order valence-electron chi connectivity index (χ1n) is 6.31. The minimum atomic E-state index is 0.396. The van der Waals surface area contributed by atoms with Gasteiger partial charge < -0.3 is 11.1 Å². The van der Waals surface area contributed by atoms with Gasteiger partial charge in [0.05, 0.1) is 0 Å². The fourth-order valence-electron chi connectivity index (χ4n) is 1.41. The Bertz CT molecular complexity index is 153. The van der Waals surface area contributed by atoms with Gasteiger partial charge in [0.15, 0.2) is 0 Å². The Morgan fingerprint density at radius 2 is 1.80 bits per heavy atom. The summed E-state index contributed by atoms with van der Waals surface area (Å²) in [6, 6.07) is 0. The molecule has 1 atom stereocenters. The van der Waals surface area contributed by atoms with Crippen LogP contribution in [0.4, 0.5) is 0 Å². The number of nitrogens with two attached hydrogens (primary N) is 1. The van der Waals surface area contributed by atoms with E-state index in [1.807, 2.05) is 0 Å². The molecule has 3 N–H and O–H groups in total. The van der Waals surface area contributed by atoms with Crippen LogP contribution in [0.25, 0.3) is 0 Å². The normalized spacial score (nSPS) is 14.6. The van der Waals surface area contributed by atoms with Gasteiger partial charge in [0.1, 0.15) is 0 Å². The molecule has 2 nitrogen and oxygen atoms in total. The second kappa shape index (κ2) is 7.24. The molecule has 0 aliphatic carbocycles. The maximum atomic E-state index is 5.49. The third-order valence-corrected chi connectivity index (χ3v) is 3.54. The molecular weight excluding hydrogens is 184 g/mol. The average molecular weight is 214 g/mol. The predicted molar refractivity (Wildman–Crippen MR) is 68.9 cm³/mol. The Morgan fingerprint density at radius 3 is 2.27 bits per heavy atom. The first-order valence-corrected chi connectivity index (χ1v) is 6.31. The number of hydrogen-bond acceptors (Lipinski definition) is 2. The van der Waals surface area contributed by atoms with Crippen LogP contribution in [0.15, 0.2) is 0 Å². The molecular formula is C13H30N2. The van der Waals surface area contributed by atoms with E-state index in [0.29, 0.717) is 5.41 Å². The highest BCUT2D eigenvalue weighted by Gasteiger charge is 2.21. The third kappa shape index (κ3) is 6.91. The van der Waals surface area contributed by atoms with E-state index in [1.54, 1.807) is 0 Å². The lowest BCUT2D eigenvalue weighted by Crippen LogP contribution is -2.35. The summed E-state index contributed by atoms with van der Waals surface area (Å²) in [7, 11) is 0. The smallest absolute Gasteiger partial charge is 0.000508 e. The van der Waals surface area contributed by atoms with Crippen LogP contribution in [-0.4, -0.2) is 19.6 Å². The van der Waals surface area contributed by atoms with Crippen LogP contribution in [0.1, 0.15) is 47.5 Å². The Kier molecular flexibility index (Phi) is 7.20. The number of nitrogens with one attached hydrogen (secondary N) is 1. The third-order valence-electron chi connectivity index (χ3n) is 3.54. The molecule has 0 bridgehead atoms. The zero-order valence-electron chi connectivity index (χ0n) is 11.3. The first kappa shape index (κ1) is 14.9. The summed E-state index contributed by atoms with van der Waals surface area (Å²) < 4.78 is 0. The lowest BCUT2D eigenvalue weighted by molar-refractivity contribution is 0.233. The maximum Gasteiger partial charge on any atom is 0.000508 e. The molecule has 0 aliphatic heterocycles. The van der Waals surface area contributed by atoms with Crippen LogP contribution < -0.4 is 11.1 Å². The lowest BCUT2D eigenvalue weighted by Gasteiger charge is -2.30. The number of hydrogen-bond donors (Lipinski definition) is 2. The van der Waals surface area contributed by atoms with Crippen molar-refractivity contribution in [3.05, 3.63) is 0 Å². The van der Waals surface area contributed by atoms with E-state index in [9.17, 15) is 0 Å². The largest absolute Gasteiger partial charge is 0.330 e. The van der Waals surface area contributed by atoms with Crippen molar-refractivity contribution in [2.24, 2.45) is 23.0 Å². The van der Waals surface area contributed by atoms with Crippen molar-refractivity contribution >= 4 is 0 Å². The molecule has 0 heterocycles. The molecule has 0 saturated heterocycles. The van der Waals surface area contributed by atoms with Gasteiger partial charge in [-0.05, 0) is 43.2 Å². The van der Waals surface area contributed by atoms with Crippen LogP contribution in [0, 0.1) is 17.3 Å². The van der Waals surface area contributed by atoms with Crippen molar-refractivity contribution in [1.29, 1.82) is 0 Å². The van der Waals surface area contributed by atoms with Crippen LogP contribution in [0.3, 0.4) is 0 Å². The molecule has 0 saturated carbocycles. The number of rotatable bonds is 8. The van der Waals surface area contributed by atoms with Crippen molar-refractivity contribution in [2.75, 3.05) is 19.6 Å². The Hall–Kier alpha value is -0.0800. The zero-order valence-corrected chi connectivity index (χ0v) is 11.3. The standard InChI is InChI=1S/C13H30N2/c1-11(2)13(4,5)10-15-9-12(3)7-6-8-14/h11-12,15H,6-10,14H2,1-5H3. The maximum absolute atomic E-state index is 5.49. The molecule has 92 valence electrons. The summed E-state index contributed by atoms with van der Waals surface area (Å²) in [5.74, 6) is 1.47. The van der Waals surface area contributed by atoms with Crippen molar-refractivity contribution in [1.82, 2.24) is 5.32 Å². The Balaban J connectivity index is 3.60. The molecule has 0 amide bonds. The molecule has 1 unspecified atom stereocenters. The fourth-order valence-corrected chi connectivity index (χ4v) is 1.41. The molecule has 0 aromatic carbocycles. The summed E-state index contributed by atoms with van der Waals surface area (Å²) in [6.45, 7) is 14.6. The zero-order chi connectivity index (χ0) is 11.9. The van der Waals surface area contributed by atoms with Gasteiger partial charge in [0.2, 0.25) is 0 Å². The molecule has 2 heteroatoms. The summed E-state index contributed by atoms with van der Waals surface area (Å²) >= 11 is 0. The average Bonchev–Trinajstić information content (AvgIpc) is 2.14. The van der Waals surface area contributed by atoms with E-state index >= 15 is 0 Å². The summed E-state index contributed by atoms with van der Waals surface area (Å²) in [5.41, 5.74) is 5.89. The highest BCUT2D eigenvalue weighted by atomic mass is 14.9. The van der Waals surface area contributed by atoms with Gasteiger partial charge in [0.25, 0.3) is 0 Å². The monoisotopic (exact) mass is 214 g/mol. The van der Waals surface area contributed by atoms with Gasteiger partial charge in [-0.2, -0.15) is 0 Å². The van der Waals surface area contributed by atoms with Crippen molar-refractivity contribution < 1.29 is 0 Å². The van der Waals surface area contributed by atoms with E-state index in [-0.39, 0.29) is 0 Å². The first-order chi connectivity index (χ1) is 6.90. The summed E-state index contributed by atoms with van der Waals surface area (Å²) in [6.07, 6.45) is 2.39. The second-order valence-electron chi connectivity index (χ2n) is 5.81. The van der Waals surface area contributed by atoms with E-state index in [2.05, 4.69) is 39.9 Å². The van der Waals surface area contributed by atoms with Crippen molar-refractivity contribution in [3.63, 3.8) is 0 Å². The van der Waals surface area contributed by atoms with Gasteiger partial charge in [-0.3, -0.25) is 0 Å². The minimum Gasteiger partial charge on any atom is -0.330 e. The molecule has 0 aromatic heterocycles. The van der Waals surface area contributed by atoms with Gasteiger partial charge in [0, 0.05) is 6.54 Å². The highest BCUT2D eigenvalue weighted by Crippen LogP contribution is 2.24. The second-order valence-corrected chi connectivity index (χ2v) is 5.81. The lowest BCUT2D eigenvalue weighted by atomic mass is 9.81. The van der Waals surface area contributed by atoms with Gasteiger partial charge in [-0.25, -0.2) is 0 Å². The molecule has 0 aliphatic rings.